The lowest BCUT2D eigenvalue weighted by atomic mass is 9.95. The van der Waals surface area contributed by atoms with Crippen LogP contribution in [0.5, 0.6) is 0 Å². The number of likely N-dealkylation sites (N-methyl/N-ethyl adjacent to an activating group) is 1. The minimum Gasteiger partial charge on any atom is -0.393 e. The lowest BCUT2D eigenvalue weighted by molar-refractivity contribution is -0.0255. The quantitative estimate of drug-likeness (QED) is 0.783. The first-order valence-electron chi connectivity index (χ1n) is 6.52. The monoisotopic (exact) mass is 229 g/mol. The molecular weight excluding hydrogens is 202 g/mol. The Balaban J connectivity index is 2.19. The number of aliphatic hydroxyl groups excluding tert-OH is 1. The van der Waals surface area contributed by atoms with Gasteiger partial charge in [-0.2, -0.15) is 0 Å². The zero-order chi connectivity index (χ0) is 12.1. The van der Waals surface area contributed by atoms with Gasteiger partial charge in [-0.1, -0.05) is 0 Å². The van der Waals surface area contributed by atoms with Crippen molar-refractivity contribution in [2.24, 2.45) is 0 Å². The second-order valence-corrected chi connectivity index (χ2v) is 5.37. The zero-order valence-corrected chi connectivity index (χ0v) is 11.1. The largest absolute Gasteiger partial charge is 0.393 e. The molecule has 1 aliphatic carbocycles. The normalized spacial score (nSPS) is 28.7. The molecule has 1 atom stereocenters. The molecule has 0 aromatic rings. The Morgan fingerprint density at radius 1 is 1.19 bits per heavy atom. The molecule has 0 saturated heterocycles. The topological polar surface area (TPSA) is 32.7 Å². The summed E-state index contributed by atoms with van der Waals surface area (Å²) in [6.07, 6.45) is 4.11. The SMILES string of the molecule is CC(C)N(C)C(C)COC1CCC(O)CC1. The van der Waals surface area contributed by atoms with E-state index in [9.17, 15) is 5.11 Å². The summed E-state index contributed by atoms with van der Waals surface area (Å²) in [6.45, 7) is 7.41. The van der Waals surface area contributed by atoms with Crippen LogP contribution < -0.4 is 0 Å². The van der Waals surface area contributed by atoms with Crippen LogP contribution in [0.25, 0.3) is 0 Å². The van der Waals surface area contributed by atoms with E-state index in [1.165, 1.54) is 0 Å². The first-order valence-corrected chi connectivity index (χ1v) is 6.52. The molecule has 1 fully saturated rings. The van der Waals surface area contributed by atoms with Crippen molar-refractivity contribution in [1.82, 2.24) is 4.90 Å². The fraction of sp³-hybridized carbons (Fsp3) is 1.00. The lowest BCUT2D eigenvalue weighted by Crippen LogP contribution is -2.39. The highest BCUT2D eigenvalue weighted by Crippen LogP contribution is 2.21. The van der Waals surface area contributed by atoms with Gasteiger partial charge in [-0.05, 0) is 53.5 Å². The summed E-state index contributed by atoms with van der Waals surface area (Å²) in [6, 6.07) is 1.03. The Hall–Kier alpha value is -0.120. The molecule has 0 aromatic carbocycles. The highest BCUT2D eigenvalue weighted by molar-refractivity contribution is 4.73. The molecule has 0 radical (unpaired) electrons. The molecule has 0 aromatic heterocycles. The third kappa shape index (κ3) is 4.40. The van der Waals surface area contributed by atoms with E-state index in [1.54, 1.807) is 0 Å². The highest BCUT2D eigenvalue weighted by Gasteiger charge is 2.21. The second kappa shape index (κ2) is 6.58. The maximum absolute atomic E-state index is 9.40. The first-order chi connectivity index (χ1) is 7.50. The van der Waals surface area contributed by atoms with Gasteiger partial charge in [0, 0.05) is 12.1 Å². The van der Waals surface area contributed by atoms with Crippen molar-refractivity contribution in [1.29, 1.82) is 0 Å². The number of hydrogen-bond acceptors (Lipinski definition) is 3. The van der Waals surface area contributed by atoms with Crippen molar-refractivity contribution in [2.75, 3.05) is 13.7 Å². The van der Waals surface area contributed by atoms with Crippen molar-refractivity contribution in [3.63, 3.8) is 0 Å². The lowest BCUT2D eigenvalue weighted by Gasteiger charge is -2.31. The van der Waals surface area contributed by atoms with Gasteiger partial charge in [-0.25, -0.2) is 0 Å². The molecule has 1 aliphatic rings. The van der Waals surface area contributed by atoms with Crippen LogP contribution in [0.4, 0.5) is 0 Å². The molecule has 0 aliphatic heterocycles. The van der Waals surface area contributed by atoms with Gasteiger partial charge < -0.3 is 9.84 Å². The van der Waals surface area contributed by atoms with Crippen molar-refractivity contribution < 1.29 is 9.84 Å². The Morgan fingerprint density at radius 3 is 2.25 bits per heavy atom. The van der Waals surface area contributed by atoms with E-state index in [-0.39, 0.29) is 6.10 Å². The number of ether oxygens (including phenoxy) is 1. The third-order valence-electron chi connectivity index (χ3n) is 3.73. The van der Waals surface area contributed by atoms with E-state index in [2.05, 4.69) is 32.7 Å². The molecule has 1 N–H and O–H groups in total. The van der Waals surface area contributed by atoms with Crippen LogP contribution in [-0.4, -0.2) is 48.0 Å². The van der Waals surface area contributed by atoms with Crippen LogP contribution >= 0.6 is 0 Å². The molecule has 0 spiro atoms. The second-order valence-electron chi connectivity index (χ2n) is 5.37. The summed E-state index contributed by atoms with van der Waals surface area (Å²) >= 11 is 0. The van der Waals surface area contributed by atoms with E-state index in [0.29, 0.717) is 18.2 Å². The third-order valence-corrected chi connectivity index (χ3v) is 3.73. The van der Waals surface area contributed by atoms with Gasteiger partial charge in [0.05, 0.1) is 18.8 Å². The van der Waals surface area contributed by atoms with Gasteiger partial charge in [-0.3, -0.25) is 4.90 Å². The number of hydrogen-bond donors (Lipinski definition) is 1. The highest BCUT2D eigenvalue weighted by atomic mass is 16.5. The fourth-order valence-corrected chi connectivity index (χ4v) is 2.11. The van der Waals surface area contributed by atoms with Crippen LogP contribution in [-0.2, 0) is 4.74 Å². The predicted molar refractivity (Wildman–Crippen MR) is 66.6 cm³/mol. The van der Waals surface area contributed by atoms with Crippen molar-refractivity contribution in [3.05, 3.63) is 0 Å². The average molecular weight is 229 g/mol. The van der Waals surface area contributed by atoms with Gasteiger partial charge in [0.1, 0.15) is 0 Å². The van der Waals surface area contributed by atoms with Crippen LogP contribution in [0.3, 0.4) is 0 Å². The molecule has 1 saturated carbocycles. The van der Waals surface area contributed by atoms with E-state index in [4.69, 9.17) is 4.74 Å². The molecule has 0 heterocycles. The van der Waals surface area contributed by atoms with Gasteiger partial charge in [0.2, 0.25) is 0 Å². The van der Waals surface area contributed by atoms with Gasteiger partial charge in [0.15, 0.2) is 0 Å². The minimum absolute atomic E-state index is 0.0874. The summed E-state index contributed by atoms with van der Waals surface area (Å²) in [7, 11) is 2.14. The number of aliphatic hydroxyl groups is 1. The molecule has 16 heavy (non-hydrogen) atoms. The van der Waals surface area contributed by atoms with Crippen LogP contribution in [0.15, 0.2) is 0 Å². The smallest absolute Gasteiger partial charge is 0.0622 e. The Kier molecular flexibility index (Phi) is 5.73. The summed E-state index contributed by atoms with van der Waals surface area (Å²) in [5.74, 6) is 0. The average Bonchev–Trinajstić information content (AvgIpc) is 2.26. The van der Waals surface area contributed by atoms with Crippen LogP contribution in [0.2, 0.25) is 0 Å². The number of nitrogens with zero attached hydrogens (tertiary/aromatic N) is 1. The molecule has 96 valence electrons. The minimum atomic E-state index is -0.0874. The number of rotatable bonds is 5. The van der Waals surface area contributed by atoms with Crippen molar-refractivity contribution in [2.45, 2.75) is 70.7 Å². The maximum atomic E-state index is 9.40. The van der Waals surface area contributed by atoms with E-state index >= 15 is 0 Å². The molecule has 1 unspecified atom stereocenters. The standard InChI is InChI=1S/C13H27NO2/c1-10(2)14(4)11(3)9-16-13-7-5-12(15)6-8-13/h10-13,15H,5-9H2,1-4H3. The Labute approximate surface area is 99.8 Å². The van der Waals surface area contributed by atoms with E-state index in [0.717, 1.165) is 32.3 Å². The summed E-state index contributed by atoms with van der Waals surface area (Å²) in [5.41, 5.74) is 0. The van der Waals surface area contributed by atoms with Crippen LogP contribution in [0, 0.1) is 0 Å². The molecule has 3 nitrogen and oxygen atoms in total. The molecule has 3 heteroatoms. The summed E-state index contributed by atoms with van der Waals surface area (Å²) in [5, 5.41) is 9.40. The first kappa shape index (κ1) is 13.9. The predicted octanol–water partition coefficient (Wildman–Crippen LogP) is 2.04. The van der Waals surface area contributed by atoms with Gasteiger partial charge in [0.25, 0.3) is 0 Å². The molecule has 1 rings (SSSR count). The molecular formula is C13H27NO2. The van der Waals surface area contributed by atoms with Gasteiger partial charge in [-0.15, -0.1) is 0 Å². The zero-order valence-electron chi connectivity index (χ0n) is 11.1. The fourth-order valence-electron chi connectivity index (χ4n) is 2.11. The molecule has 0 bridgehead atoms. The Morgan fingerprint density at radius 2 is 1.75 bits per heavy atom. The van der Waals surface area contributed by atoms with Crippen molar-refractivity contribution in [3.8, 4) is 0 Å². The van der Waals surface area contributed by atoms with E-state index in [1.807, 2.05) is 0 Å². The Bertz CT molecular complexity index is 188. The summed E-state index contributed by atoms with van der Waals surface area (Å²) < 4.78 is 5.91. The van der Waals surface area contributed by atoms with E-state index < -0.39 is 0 Å². The van der Waals surface area contributed by atoms with Gasteiger partial charge >= 0.3 is 0 Å². The summed E-state index contributed by atoms with van der Waals surface area (Å²) in [4.78, 5) is 2.33. The maximum Gasteiger partial charge on any atom is 0.0622 e. The van der Waals surface area contributed by atoms with Crippen LogP contribution in [0.1, 0.15) is 46.5 Å². The van der Waals surface area contributed by atoms with Crippen molar-refractivity contribution >= 4 is 0 Å². The molecule has 0 amide bonds.